The van der Waals surface area contributed by atoms with Gasteiger partial charge in [0.25, 0.3) is 0 Å². The van der Waals surface area contributed by atoms with Gasteiger partial charge in [0.05, 0.1) is 11.3 Å². The van der Waals surface area contributed by atoms with Crippen LogP contribution in [0.25, 0.3) is 0 Å². The highest BCUT2D eigenvalue weighted by Gasteiger charge is 2.16. The number of carboxylic acid groups (broad SMARTS) is 1. The van der Waals surface area contributed by atoms with Crippen molar-refractivity contribution in [3.63, 3.8) is 0 Å². The summed E-state index contributed by atoms with van der Waals surface area (Å²) in [5.41, 5.74) is -0.483. The maximum absolute atomic E-state index is 13.6. The van der Waals surface area contributed by atoms with Gasteiger partial charge in [-0.2, -0.15) is 0 Å². The molecule has 0 aromatic heterocycles. The number of nitrogens with one attached hydrogen (secondary N) is 1. The van der Waals surface area contributed by atoms with Crippen molar-refractivity contribution in [1.82, 2.24) is 0 Å². The van der Waals surface area contributed by atoms with Crippen molar-refractivity contribution in [3.8, 4) is 0 Å². The maximum Gasteiger partial charge on any atom is 0.337 e. The fourth-order valence-corrected chi connectivity index (χ4v) is 1.92. The Morgan fingerprint density at radius 3 is 2.55 bits per heavy atom. The van der Waals surface area contributed by atoms with Crippen molar-refractivity contribution in [1.29, 1.82) is 0 Å². The van der Waals surface area contributed by atoms with Gasteiger partial charge in [-0.15, -0.1) is 0 Å². The molecule has 0 heterocycles. The molecule has 0 aliphatic rings. The molecule has 1 amide bonds. The summed E-state index contributed by atoms with van der Waals surface area (Å²) in [7, 11) is 0. The molecule has 1 aromatic rings. The van der Waals surface area contributed by atoms with Crippen molar-refractivity contribution in [3.05, 3.63) is 29.6 Å². The van der Waals surface area contributed by atoms with Crippen LogP contribution in [-0.2, 0) is 4.79 Å². The van der Waals surface area contributed by atoms with E-state index >= 15 is 0 Å². The van der Waals surface area contributed by atoms with Gasteiger partial charge >= 0.3 is 5.97 Å². The summed E-state index contributed by atoms with van der Waals surface area (Å²) in [5.74, 6) is -2.35. The number of anilines is 1. The first kappa shape index (κ1) is 16.1. The average molecular weight is 281 g/mol. The molecule has 0 fully saturated rings. The second kappa shape index (κ2) is 8.30. The zero-order valence-corrected chi connectivity index (χ0v) is 11.6. The van der Waals surface area contributed by atoms with Crippen LogP contribution in [0.4, 0.5) is 10.1 Å². The number of unbranched alkanes of at least 4 members (excludes halogenated alkanes) is 4. The molecule has 0 unspecified atom stereocenters. The minimum atomic E-state index is -1.26. The Morgan fingerprint density at radius 1 is 1.20 bits per heavy atom. The number of carbonyl (C=O) groups is 2. The van der Waals surface area contributed by atoms with Crippen molar-refractivity contribution in [2.75, 3.05) is 5.32 Å². The van der Waals surface area contributed by atoms with E-state index in [0.717, 1.165) is 38.2 Å². The summed E-state index contributed by atoms with van der Waals surface area (Å²) in [6.45, 7) is 2.11. The highest BCUT2D eigenvalue weighted by molar-refractivity contribution is 6.00. The highest BCUT2D eigenvalue weighted by Crippen LogP contribution is 2.20. The fourth-order valence-electron chi connectivity index (χ4n) is 1.92. The van der Waals surface area contributed by atoms with E-state index in [4.69, 9.17) is 5.11 Å². The third-order valence-electron chi connectivity index (χ3n) is 3.02. The Labute approximate surface area is 118 Å². The molecule has 2 N–H and O–H groups in total. The lowest BCUT2D eigenvalue weighted by atomic mass is 10.1. The van der Waals surface area contributed by atoms with Crippen LogP contribution in [0.3, 0.4) is 0 Å². The maximum atomic E-state index is 13.6. The normalized spacial score (nSPS) is 10.3. The number of hydrogen-bond donors (Lipinski definition) is 2. The predicted molar refractivity (Wildman–Crippen MR) is 75.4 cm³/mol. The lowest BCUT2D eigenvalue weighted by molar-refractivity contribution is -0.116. The molecule has 0 saturated heterocycles. The van der Waals surface area contributed by atoms with Crippen LogP contribution in [0, 0.1) is 5.82 Å². The Bertz CT molecular complexity index is 474. The minimum Gasteiger partial charge on any atom is -0.478 e. The van der Waals surface area contributed by atoms with Gasteiger partial charge in [-0.1, -0.05) is 38.7 Å². The minimum absolute atomic E-state index is 0.232. The van der Waals surface area contributed by atoms with Crippen molar-refractivity contribution in [2.24, 2.45) is 0 Å². The largest absolute Gasteiger partial charge is 0.478 e. The van der Waals surface area contributed by atoms with Gasteiger partial charge in [0.15, 0.2) is 0 Å². The van der Waals surface area contributed by atoms with Crippen molar-refractivity contribution >= 4 is 17.6 Å². The summed E-state index contributed by atoms with van der Waals surface area (Å²) in [6.07, 6.45) is 5.29. The number of halogens is 1. The number of benzene rings is 1. The van der Waals surface area contributed by atoms with Gasteiger partial charge < -0.3 is 10.4 Å². The van der Waals surface area contributed by atoms with Crippen LogP contribution in [0.5, 0.6) is 0 Å². The van der Waals surface area contributed by atoms with Crippen LogP contribution in [0.15, 0.2) is 18.2 Å². The van der Waals surface area contributed by atoms with Crippen LogP contribution in [-0.4, -0.2) is 17.0 Å². The van der Waals surface area contributed by atoms with Crippen LogP contribution in [0.2, 0.25) is 0 Å². The number of amides is 1. The molecule has 0 saturated carbocycles. The molecule has 0 aliphatic heterocycles. The molecule has 0 radical (unpaired) electrons. The summed E-state index contributed by atoms with van der Waals surface area (Å²) >= 11 is 0. The van der Waals surface area contributed by atoms with E-state index in [1.165, 1.54) is 12.1 Å². The average Bonchev–Trinajstić information content (AvgIpc) is 2.40. The zero-order chi connectivity index (χ0) is 15.0. The SMILES string of the molecule is CCCCCCCC(=O)Nc1c(F)cccc1C(=O)O. The summed E-state index contributed by atoms with van der Waals surface area (Å²) < 4.78 is 13.6. The van der Waals surface area contributed by atoms with Crippen LogP contribution in [0.1, 0.15) is 55.8 Å². The quantitative estimate of drug-likeness (QED) is 0.712. The van der Waals surface area contributed by atoms with Crippen LogP contribution >= 0.6 is 0 Å². The van der Waals surface area contributed by atoms with Gasteiger partial charge in [0.1, 0.15) is 5.82 Å². The summed E-state index contributed by atoms with van der Waals surface area (Å²) in [4.78, 5) is 22.7. The number of carbonyl (C=O) groups excluding carboxylic acids is 1. The van der Waals surface area contributed by atoms with Gasteiger partial charge in [-0.25, -0.2) is 9.18 Å². The van der Waals surface area contributed by atoms with Crippen molar-refractivity contribution < 1.29 is 19.1 Å². The third-order valence-corrected chi connectivity index (χ3v) is 3.02. The number of para-hydroxylation sites is 1. The van der Waals surface area contributed by atoms with Crippen molar-refractivity contribution in [2.45, 2.75) is 45.4 Å². The smallest absolute Gasteiger partial charge is 0.337 e. The molecule has 4 nitrogen and oxygen atoms in total. The molecule has 0 spiro atoms. The van der Waals surface area contributed by atoms with E-state index < -0.39 is 11.8 Å². The van der Waals surface area contributed by atoms with Gasteiger partial charge in [0.2, 0.25) is 5.91 Å². The second-order valence-electron chi connectivity index (χ2n) is 4.68. The Balaban J connectivity index is 2.55. The first-order valence-electron chi connectivity index (χ1n) is 6.88. The number of carboxylic acids is 1. The standard InChI is InChI=1S/C15H20FNO3/c1-2-3-4-5-6-10-13(18)17-14-11(15(19)20)8-7-9-12(14)16/h7-9H,2-6,10H2,1H3,(H,17,18)(H,19,20). The van der Waals surface area contributed by atoms with E-state index in [-0.39, 0.29) is 23.6 Å². The third kappa shape index (κ3) is 4.99. The topological polar surface area (TPSA) is 66.4 Å². The molecule has 0 bridgehead atoms. The van der Waals surface area contributed by atoms with E-state index in [1.807, 2.05) is 0 Å². The Morgan fingerprint density at radius 2 is 1.90 bits per heavy atom. The molecule has 1 aromatic carbocycles. The van der Waals surface area contributed by atoms with E-state index in [9.17, 15) is 14.0 Å². The van der Waals surface area contributed by atoms with Gasteiger partial charge in [-0.3, -0.25) is 4.79 Å². The monoisotopic (exact) mass is 281 g/mol. The molecular weight excluding hydrogens is 261 g/mol. The van der Waals surface area contributed by atoms with Gasteiger partial charge in [-0.05, 0) is 18.6 Å². The first-order chi connectivity index (χ1) is 9.56. The van der Waals surface area contributed by atoms with E-state index in [2.05, 4.69) is 12.2 Å². The summed E-state index contributed by atoms with van der Waals surface area (Å²) in [5, 5.41) is 11.3. The zero-order valence-electron chi connectivity index (χ0n) is 11.6. The lowest BCUT2D eigenvalue weighted by Crippen LogP contribution is -2.15. The number of aromatic carboxylic acids is 1. The molecule has 1 rings (SSSR count). The Hall–Kier alpha value is -1.91. The highest BCUT2D eigenvalue weighted by atomic mass is 19.1. The molecule has 0 aliphatic carbocycles. The molecule has 5 heteroatoms. The molecular formula is C15H20FNO3. The molecule has 110 valence electrons. The second-order valence-corrected chi connectivity index (χ2v) is 4.68. The molecule has 20 heavy (non-hydrogen) atoms. The van der Waals surface area contributed by atoms with E-state index in [1.54, 1.807) is 0 Å². The van der Waals surface area contributed by atoms with Gasteiger partial charge in [0, 0.05) is 6.42 Å². The lowest BCUT2D eigenvalue weighted by Gasteiger charge is -2.09. The molecule has 0 atom stereocenters. The predicted octanol–water partition coefficient (Wildman–Crippen LogP) is 3.82. The first-order valence-corrected chi connectivity index (χ1v) is 6.88. The summed E-state index contributed by atoms with van der Waals surface area (Å²) in [6, 6.07) is 3.70. The van der Waals surface area contributed by atoms with Crippen LogP contribution < -0.4 is 5.32 Å². The fraction of sp³-hybridized carbons (Fsp3) is 0.467. The number of hydrogen-bond acceptors (Lipinski definition) is 2. The number of rotatable bonds is 8. The van der Waals surface area contributed by atoms with E-state index in [0.29, 0.717) is 0 Å². The Kier molecular flexibility index (Phi) is 6.70.